The van der Waals surface area contributed by atoms with Crippen LogP contribution in [0.25, 0.3) is 0 Å². The molecule has 28 heavy (non-hydrogen) atoms. The first kappa shape index (κ1) is 23.8. The molecule has 0 heterocycles. The minimum atomic E-state index is -0.600. The highest BCUT2D eigenvalue weighted by molar-refractivity contribution is 5.86. The fourth-order valence-electron chi connectivity index (χ4n) is 2.73. The van der Waals surface area contributed by atoms with Gasteiger partial charge in [0, 0.05) is 24.7 Å². The minimum absolute atomic E-state index is 0.0137. The summed E-state index contributed by atoms with van der Waals surface area (Å²) in [5.74, 6) is -0.839. The summed E-state index contributed by atoms with van der Waals surface area (Å²) in [6.45, 7) is 8.50. The number of nitrogens with one attached hydrogen (secondary N) is 2. The molecule has 0 aliphatic heterocycles. The molecule has 1 unspecified atom stereocenters. The molecule has 1 atom stereocenters. The molecule has 1 aromatic carbocycles. The van der Waals surface area contributed by atoms with Crippen LogP contribution < -0.4 is 10.6 Å². The molecular formula is C20H33F2N5O. The number of nitrogens with zero attached hydrogens (tertiary/aromatic N) is 3. The predicted molar refractivity (Wildman–Crippen MR) is 109 cm³/mol. The third-order valence-electron chi connectivity index (χ3n) is 3.96. The van der Waals surface area contributed by atoms with Gasteiger partial charge < -0.3 is 20.4 Å². The molecule has 158 valence electrons. The van der Waals surface area contributed by atoms with E-state index in [9.17, 15) is 13.6 Å². The average Bonchev–Trinajstić information content (AvgIpc) is 2.53. The molecule has 0 aromatic heterocycles. The van der Waals surface area contributed by atoms with Gasteiger partial charge in [-0.15, -0.1) is 0 Å². The summed E-state index contributed by atoms with van der Waals surface area (Å²) in [5.41, 5.74) is -0.341. The first-order valence-electron chi connectivity index (χ1n) is 9.37. The first-order valence-corrected chi connectivity index (χ1v) is 9.37. The summed E-state index contributed by atoms with van der Waals surface area (Å²) in [7, 11) is 5.25. The molecule has 2 N–H and O–H groups in total. The number of hydrogen-bond acceptors (Lipinski definition) is 3. The van der Waals surface area contributed by atoms with Gasteiger partial charge in [0.1, 0.15) is 11.6 Å². The highest BCUT2D eigenvalue weighted by Gasteiger charge is 2.23. The Kier molecular flexibility index (Phi) is 8.81. The van der Waals surface area contributed by atoms with E-state index in [0.29, 0.717) is 12.5 Å². The van der Waals surface area contributed by atoms with Gasteiger partial charge in [-0.3, -0.25) is 9.79 Å². The van der Waals surface area contributed by atoms with Crippen LogP contribution in [0.1, 0.15) is 39.3 Å². The van der Waals surface area contributed by atoms with E-state index < -0.39 is 17.7 Å². The molecule has 0 saturated carbocycles. The smallest absolute Gasteiger partial charge is 0.240 e. The maximum atomic E-state index is 14.2. The molecule has 0 bridgehead atoms. The molecule has 0 aliphatic rings. The van der Waals surface area contributed by atoms with Crippen LogP contribution in [-0.2, 0) is 4.79 Å². The Balaban J connectivity index is 3.01. The van der Waals surface area contributed by atoms with Crippen LogP contribution in [0.2, 0.25) is 0 Å². The van der Waals surface area contributed by atoms with Crippen LogP contribution in [0.5, 0.6) is 0 Å². The number of halogens is 2. The van der Waals surface area contributed by atoms with Gasteiger partial charge in [-0.05, 0) is 53.9 Å². The molecular weight excluding hydrogens is 364 g/mol. The topological polar surface area (TPSA) is 60.0 Å². The number of aliphatic imine (C=N–C) groups is 1. The highest BCUT2D eigenvalue weighted by Crippen LogP contribution is 2.24. The summed E-state index contributed by atoms with van der Waals surface area (Å²) in [6.07, 6.45) is 0. The number of amides is 1. The van der Waals surface area contributed by atoms with Crippen molar-refractivity contribution in [3.05, 3.63) is 35.4 Å². The van der Waals surface area contributed by atoms with Crippen molar-refractivity contribution in [2.24, 2.45) is 4.99 Å². The maximum Gasteiger partial charge on any atom is 0.240 e. The zero-order chi connectivity index (χ0) is 21.5. The monoisotopic (exact) mass is 397 g/mol. The van der Waals surface area contributed by atoms with Crippen molar-refractivity contribution in [3.63, 3.8) is 0 Å². The van der Waals surface area contributed by atoms with Crippen molar-refractivity contribution >= 4 is 11.9 Å². The Hall–Kier alpha value is -2.22. The van der Waals surface area contributed by atoms with Crippen molar-refractivity contribution in [2.75, 3.05) is 40.8 Å². The molecule has 6 nitrogen and oxygen atoms in total. The summed E-state index contributed by atoms with van der Waals surface area (Å²) in [5, 5.41) is 6.02. The van der Waals surface area contributed by atoms with Crippen molar-refractivity contribution in [1.29, 1.82) is 0 Å². The number of benzene rings is 1. The Morgan fingerprint density at radius 2 is 1.75 bits per heavy atom. The predicted octanol–water partition coefficient (Wildman–Crippen LogP) is 2.38. The van der Waals surface area contributed by atoms with Crippen molar-refractivity contribution in [2.45, 2.75) is 39.3 Å². The number of rotatable bonds is 7. The van der Waals surface area contributed by atoms with E-state index in [4.69, 9.17) is 0 Å². The number of carbonyl (C=O) groups excluding carboxylic acids is 1. The van der Waals surface area contributed by atoms with Crippen molar-refractivity contribution in [1.82, 2.24) is 20.4 Å². The lowest BCUT2D eigenvalue weighted by Crippen LogP contribution is -2.49. The molecule has 0 spiro atoms. The SMILES string of the molecule is CCNC(=NCC(c1c(F)cccc1F)N(C)C)N(C)CC(=O)NC(C)(C)C. The first-order chi connectivity index (χ1) is 13.0. The molecule has 0 radical (unpaired) electrons. The van der Waals surface area contributed by atoms with E-state index in [-0.39, 0.29) is 30.1 Å². The third-order valence-corrected chi connectivity index (χ3v) is 3.96. The van der Waals surface area contributed by atoms with Crippen LogP contribution in [-0.4, -0.2) is 68.0 Å². The summed E-state index contributed by atoms with van der Waals surface area (Å²) in [6, 6.07) is 3.25. The number of hydrogen-bond donors (Lipinski definition) is 2. The Labute approximate surface area is 167 Å². The molecule has 1 rings (SSSR count). The van der Waals surface area contributed by atoms with Gasteiger partial charge in [-0.1, -0.05) is 6.07 Å². The van der Waals surface area contributed by atoms with Gasteiger partial charge >= 0.3 is 0 Å². The quantitative estimate of drug-likeness (QED) is 0.548. The summed E-state index contributed by atoms with van der Waals surface area (Å²) < 4.78 is 28.5. The summed E-state index contributed by atoms with van der Waals surface area (Å²) >= 11 is 0. The molecule has 1 amide bonds. The Bertz CT molecular complexity index is 665. The van der Waals surface area contributed by atoms with Gasteiger partial charge in [-0.2, -0.15) is 0 Å². The second kappa shape index (κ2) is 10.4. The van der Waals surface area contributed by atoms with Crippen LogP contribution in [0, 0.1) is 11.6 Å². The minimum Gasteiger partial charge on any atom is -0.357 e. The Morgan fingerprint density at radius 3 is 2.21 bits per heavy atom. The lowest BCUT2D eigenvalue weighted by Gasteiger charge is -2.27. The standard InChI is InChI=1S/C20H33F2N5O/c1-8-23-19(27(7)13-17(28)25-20(2,3)4)24-12-16(26(5)6)18-14(21)10-9-11-15(18)22/h9-11,16H,8,12-13H2,1-7H3,(H,23,24)(H,25,28). The lowest BCUT2D eigenvalue weighted by molar-refractivity contribution is -0.122. The Morgan fingerprint density at radius 1 is 1.18 bits per heavy atom. The molecule has 1 aromatic rings. The van der Waals surface area contributed by atoms with Crippen molar-refractivity contribution in [3.8, 4) is 0 Å². The fraction of sp³-hybridized carbons (Fsp3) is 0.600. The van der Waals surface area contributed by atoms with Crippen molar-refractivity contribution < 1.29 is 13.6 Å². The second-order valence-corrected chi connectivity index (χ2v) is 7.96. The number of guanidine groups is 1. The van der Waals surface area contributed by atoms with Gasteiger partial charge in [0.25, 0.3) is 0 Å². The largest absolute Gasteiger partial charge is 0.357 e. The molecule has 0 saturated heterocycles. The van der Waals surface area contributed by atoms with Gasteiger partial charge in [0.2, 0.25) is 5.91 Å². The normalized spacial score (nSPS) is 13.4. The van der Waals surface area contributed by atoms with Gasteiger partial charge in [0.15, 0.2) is 5.96 Å². The second-order valence-electron chi connectivity index (χ2n) is 7.96. The van der Waals surface area contributed by atoms with E-state index in [1.165, 1.54) is 18.2 Å². The molecule has 0 aliphatic carbocycles. The third kappa shape index (κ3) is 7.42. The zero-order valence-corrected chi connectivity index (χ0v) is 17.9. The van der Waals surface area contributed by atoms with Crippen LogP contribution in [0.15, 0.2) is 23.2 Å². The maximum absolute atomic E-state index is 14.2. The molecule has 0 fully saturated rings. The van der Waals surface area contributed by atoms with Gasteiger partial charge in [0.05, 0.1) is 19.1 Å². The lowest BCUT2D eigenvalue weighted by atomic mass is 10.0. The average molecular weight is 398 g/mol. The highest BCUT2D eigenvalue weighted by atomic mass is 19.1. The molecule has 8 heteroatoms. The number of carbonyl (C=O) groups is 1. The van der Waals surface area contributed by atoms with Gasteiger partial charge in [-0.25, -0.2) is 8.78 Å². The van der Waals surface area contributed by atoms with Crippen LogP contribution >= 0.6 is 0 Å². The van der Waals surface area contributed by atoms with E-state index in [1.54, 1.807) is 30.9 Å². The van der Waals surface area contributed by atoms with Crippen LogP contribution in [0.3, 0.4) is 0 Å². The van der Waals surface area contributed by atoms with E-state index >= 15 is 0 Å². The van der Waals surface area contributed by atoms with Crippen LogP contribution in [0.4, 0.5) is 8.78 Å². The number of likely N-dealkylation sites (N-methyl/N-ethyl adjacent to an activating group) is 2. The van der Waals surface area contributed by atoms with E-state index in [2.05, 4.69) is 15.6 Å². The summed E-state index contributed by atoms with van der Waals surface area (Å²) in [4.78, 5) is 20.1. The fourth-order valence-corrected chi connectivity index (χ4v) is 2.73. The zero-order valence-electron chi connectivity index (χ0n) is 17.9. The van der Waals surface area contributed by atoms with E-state index in [0.717, 1.165) is 0 Å². The van der Waals surface area contributed by atoms with E-state index in [1.807, 2.05) is 27.7 Å².